The van der Waals surface area contributed by atoms with Crippen LogP contribution in [-0.2, 0) is 5.41 Å². The minimum atomic E-state index is -0.472. The molecule has 2 aliphatic rings. The van der Waals surface area contributed by atoms with E-state index in [4.69, 9.17) is 0 Å². The van der Waals surface area contributed by atoms with Crippen molar-refractivity contribution in [1.82, 2.24) is 0 Å². The maximum atomic E-state index is 3.46. The van der Waals surface area contributed by atoms with Crippen molar-refractivity contribution in [2.75, 3.05) is 24.7 Å². The summed E-state index contributed by atoms with van der Waals surface area (Å²) in [6.07, 6.45) is 4.84. The van der Waals surface area contributed by atoms with Crippen LogP contribution in [0, 0.1) is 0 Å². The molecule has 7 aromatic rings. The third kappa shape index (κ3) is 4.48. The van der Waals surface area contributed by atoms with Gasteiger partial charge in [-0.2, -0.15) is 0 Å². The summed E-state index contributed by atoms with van der Waals surface area (Å²) < 4.78 is 0. The molecule has 0 fully saturated rings. The molecular formula is C47H38N2. The third-order valence-electron chi connectivity index (χ3n) is 11.0. The van der Waals surface area contributed by atoms with Gasteiger partial charge in [-0.05, 0) is 96.7 Å². The molecule has 2 nitrogen and oxygen atoms in total. The van der Waals surface area contributed by atoms with E-state index in [0.29, 0.717) is 0 Å². The van der Waals surface area contributed by atoms with Crippen molar-refractivity contribution in [2.24, 2.45) is 0 Å². The van der Waals surface area contributed by atoms with Crippen LogP contribution in [-0.4, -0.2) is 14.1 Å². The number of benzene rings is 7. The Kier molecular flexibility index (Phi) is 6.98. The Bertz CT molecular complexity index is 2270. The van der Waals surface area contributed by atoms with E-state index in [-0.39, 0.29) is 11.8 Å². The largest absolute Gasteiger partial charge is 0.388 e. The van der Waals surface area contributed by atoms with Gasteiger partial charge in [-0.3, -0.25) is 0 Å². The van der Waals surface area contributed by atoms with E-state index >= 15 is 0 Å². The number of nitrogens with one attached hydrogen (secondary N) is 2. The Morgan fingerprint density at radius 2 is 1.08 bits per heavy atom. The molecule has 1 atom stereocenters. The third-order valence-corrected chi connectivity index (χ3v) is 11.0. The highest BCUT2D eigenvalue weighted by Gasteiger charge is 2.53. The van der Waals surface area contributed by atoms with Crippen molar-refractivity contribution in [1.29, 1.82) is 0 Å². The Labute approximate surface area is 288 Å². The summed E-state index contributed by atoms with van der Waals surface area (Å²) >= 11 is 0. The zero-order chi connectivity index (χ0) is 33.0. The van der Waals surface area contributed by atoms with Gasteiger partial charge in [0, 0.05) is 42.7 Å². The molecule has 2 aliphatic carbocycles. The van der Waals surface area contributed by atoms with E-state index in [0.717, 1.165) is 11.4 Å². The van der Waals surface area contributed by atoms with Crippen LogP contribution in [0.5, 0.6) is 0 Å². The minimum Gasteiger partial charge on any atom is -0.388 e. The van der Waals surface area contributed by atoms with Crippen molar-refractivity contribution in [3.8, 4) is 22.3 Å². The highest BCUT2D eigenvalue weighted by atomic mass is 14.8. The monoisotopic (exact) mass is 630 g/mol. The fourth-order valence-electron chi connectivity index (χ4n) is 8.87. The summed E-state index contributed by atoms with van der Waals surface area (Å²) in [6.45, 7) is 0. The van der Waals surface area contributed by atoms with Crippen molar-refractivity contribution in [3.63, 3.8) is 0 Å². The van der Waals surface area contributed by atoms with Gasteiger partial charge >= 0.3 is 0 Å². The van der Waals surface area contributed by atoms with Crippen LogP contribution in [0.25, 0.3) is 39.1 Å². The predicted octanol–water partition coefficient (Wildman–Crippen LogP) is 11.5. The van der Waals surface area contributed by atoms with Gasteiger partial charge in [0.2, 0.25) is 0 Å². The summed E-state index contributed by atoms with van der Waals surface area (Å²) in [7, 11) is 4.04. The molecule has 9 rings (SSSR count). The van der Waals surface area contributed by atoms with Crippen molar-refractivity contribution < 1.29 is 0 Å². The molecule has 0 heterocycles. The first-order valence-corrected chi connectivity index (χ1v) is 17.3. The maximum absolute atomic E-state index is 3.46. The van der Waals surface area contributed by atoms with Gasteiger partial charge in [-0.25, -0.2) is 0 Å². The second-order valence-corrected chi connectivity index (χ2v) is 13.3. The van der Waals surface area contributed by atoms with Crippen LogP contribution in [0.15, 0.2) is 164 Å². The van der Waals surface area contributed by atoms with Gasteiger partial charge in [-0.1, -0.05) is 140 Å². The normalized spacial score (nSPS) is 14.8. The lowest BCUT2D eigenvalue weighted by Crippen LogP contribution is -2.40. The van der Waals surface area contributed by atoms with Crippen LogP contribution in [0.3, 0.4) is 0 Å². The molecule has 0 amide bonds. The molecule has 236 valence electrons. The molecule has 1 unspecified atom stereocenters. The first-order valence-electron chi connectivity index (χ1n) is 17.3. The van der Waals surface area contributed by atoms with Crippen LogP contribution in [0.2, 0.25) is 0 Å². The Balaban J connectivity index is 1.37. The van der Waals surface area contributed by atoms with Gasteiger partial charge in [-0.15, -0.1) is 0 Å². The van der Waals surface area contributed by atoms with E-state index in [1.807, 2.05) is 14.1 Å². The molecule has 0 aliphatic heterocycles. The first-order chi connectivity index (χ1) is 24.2. The average molecular weight is 631 g/mol. The summed E-state index contributed by atoms with van der Waals surface area (Å²) in [5, 5.41) is 9.46. The molecule has 2 N–H and O–H groups in total. The highest BCUT2D eigenvalue weighted by Crippen LogP contribution is 2.63. The molecule has 0 radical (unpaired) electrons. The molecule has 0 saturated carbocycles. The quantitative estimate of drug-likeness (QED) is 0.183. The molecule has 0 saturated heterocycles. The maximum Gasteiger partial charge on any atom is 0.0415 e. The summed E-state index contributed by atoms with van der Waals surface area (Å²) in [4.78, 5) is 0. The summed E-state index contributed by atoms with van der Waals surface area (Å²) in [5.74, 6) is 0.0909. The van der Waals surface area contributed by atoms with E-state index in [2.05, 4.69) is 181 Å². The number of fused-ring (bicyclic) bond motifs is 5. The second-order valence-electron chi connectivity index (χ2n) is 13.3. The van der Waals surface area contributed by atoms with Gasteiger partial charge in [0.1, 0.15) is 0 Å². The van der Waals surface area contributed by atoms with E-state index in [1.165, 1.54) is 66.4 Å². The van der Waals surface area contributed by atoms with Gasteiger partial charge in [0.15, 0.2) is 0 Å². The molecular weight excluding hydrogens is 593 g/mol. The molecule has 0 spiro atoms. The molecule has 0 aromatic heterocycles. The van der Waals surface area contributed by atoms with Gasteiger partial charge < -0.3 is 10.6 Å². The van der Waals surface area contributed by atoms with Crippen LogP contribution in [0.4, 0.5) is 11.4 Å². The van der Waals surface area contributed by atoms with Crippen molar-refractivity contribution in [2.45, 2.75) is 17.3 Å². The fraction of sp³-hybridized carbons (Fsp3) is 0.106. The molecule has 2 heteroatoms. The minimum absolute atomic E-state index is 0.0331. The number of allylic oxidation sites excluding steroid dienone is 1. The molecule has 49 heavy (non-hydrogen) atoms. The van der Waals surface area contributed by atoms with Gasteiger partial charge in [0.25, 0.3) is 0 Å². The predicted molar refractivity (Wildman–Crippen MR) is 208 cm³/mol. The van der Waals surface area contributed by atoms with E-state index in [1.54, 1.807) is 0 Å². The molecule has 7 aromatic carbocycles. The zero-order valence-corrected chi connectivity index (χ0v) is 27.8. The van der Waals surface area contributed by atoms with E-state index < -0.39 is 5.41 Å². The lowest BCUT2D eigenvalue weighted by atomic mass is 9.55. The topological polar surface area (TPSA) is 24.1 Å². The van der Waals surface area contributed by atoms with Crippen molar-refractivity contribution >= 4 is 28.2 Å². The Morgan fingerprint density at radius 3 is 1.71 bits per heavy atom. The van der Waals surface area contributed by atoms with Crippen LogP contribution in [0.1, 0.15) is 45.2 Å². The lowest BCUT2D eigenvalue weighted by Gasteiger charge is -2.46. The van der Waals surface area contributed by atoms with Crippen LogP contribution < -0.4 is 10.6 Å². The number of rotatable bonds is 7. The summed E-state index contributed by atoms with van der Waals surface area (Å²) in [5.41, 5.74) is 14.9. The summed E-state index contributed by atoms with van der Waals surface area (Å²) in [6, 6.07) is 58.9. The number of hydrogen-bond donors (Lipinski definition) is 2. The average Bonchev–Trinajstić information content (AvgIpc) is 3.74. The lowest BCUT2D eigenvalue weighted by molar-refractivity contribution is 0.417. The zero-order valence-electron chi connectivity index (χ0n) is 27.8. The smallest absolute Gasteiger partial charge is 0.0415 e. The number of hydrogen-bond acceptors (Lipinski definition) is 2. The van der Waals surface area contributed by atoms with E-state index in [9.17, 15) is 0 Å². The fourth-order valence-corrected chi connectivity index (χ4v) is 8.87. The molecule has 0 bridgehead atoms. The number of anilines is 2. The Morgan fingerprint density at radius 1 is 0.490 bits per heavy atom. The Hall–Kier alpha value is -5.86. The first kappa shape index (κ1) is 29.3. The standard InChI is InChI=1S/C47H38N2/c1-48-36-23-25-40-41-26-24-37(49-2)30-44(41)46(43(40)29-36)47(34-14-5-3-6-15-34,35-16-7-4-8-17-35)45-27-22-32-20-21-33(28-42(32)45)39-19-11-13-31-12-9-10-18-38(31)39/h3-30,45-46,48-49H,1-2H3. The van der Waals surface area contributed by atoms with Crippen molar-refractivity contribution in [3.05, 3.63) is 197 Å². The highest BCUT2D eigenvalue weighted by molar-refractivity contribution is 5.97. The SMILES string of the molecule is CNc1ccc2c(c1)C(C(c1ccccc1)(c1ccccc1)C1C=Cc3ccc(-c4cccc5ccccc45)cc31)c1cc(NC)ccc1-2. The second kappa shape index (κ2) is 11.7. The van der Waals surface area contributed by atoms with Crippen LogP contribution >= 0.6 is 0 Å². The van der Waals surface area contributed by atoms with Gasteiger partial charge in [0.05, 0.1) is 0 Å².